The molecule has 0 amide bonds. The molecule has 0 bridgehead atoms. The van der Waals surface area contributed by atoms with Crippen LogP contribution in [-0.2, 0) is 13.2 Å². The highest BCUT2D eigenvalue weighted by Crippen LogP contribution is 2.19. The molecule has 0 atom stereocenters. The molecule has 0 unspecified atom stereocenters. The molecule has 5 heteroatoms. The summed E-state index contributed by atoms with van der Waals surface area (Å²) in [5.74, 6) is -2.04. The van der Waals surface area contributed by atoms with Crippen LogP contribution in [0.5, 0.6) is 5.75 Å². The highest BCUT2D eigenvalue weighted by atomic mass is 19.2. The summed E-state index contributed by atoms with van der Waals surface area (Å²) in [5, 5.41) is 2.90. The van der Waals surface area contributed by atoms with E-state index in [0.29, 0.717) is 12.1 Å². The van der Waals surface area contributed by atoms with Gasteiger partial charge < -0.3 is 10.1 Å². The summed E-state index contributed by atoms with van der Waals surface area (Å²) in [6.45, 7) is 0.328. The van der Waals surface area contributed by atoms with Gasteiger partial charge in [0.25, 0.3) is 0 Å². The molecule has 2 nitrogen and oxygen atoms in total. The van der Waals surface area contributed by atoms with E-state index >= 15 is 0 Å². The Morgan fingerprint density at radius 2 is 1.90 bits per heavy atom. The molecule has 0 saturated heterocycles. The van der Waals surface area contributed by atoms with Crippen LogP contribution in [0.4, 0.5) is 13.2 Å². The molecule has 0 aliphatic rings. The standard InChI is InChI=1S/C15H14F3NO/c1-19-8-10-5-12(16)7-13(6-10)20-9-11-3-2-4-14(17)15(11)18/h2-7,19H,8-9H2,1H3. The SMILES string of the molecule is CNCc1cc(F)cc(OCc2cccc(F)c2F)c1. The molecule has 0 spiro atoms. The first-order valence-electron chi connectivity index (χ1n) is 6.10. The normalized spacial score (nSPS) is 10.6. The third-order valence-electron chi connectivity index (χ3n) is 2.74. The van der Waals surface area contributed by atoms with Crippen molar-refractivity contribution in [2.24, 2.45) is 0 Å². The summed E-state index contributed by atoms with van der Waals surface area (Å²) in [5.41, 5.74) is 0.798. The van der Waals surface area contributed by atoms with Crippen molar-refractivity contribution in [1.82, 2.24) is 5.32 Å². The van der Waals surface area contributed by atoms with E-state index in [1.807, 2.05) is 0 Å². The first kappa shape index (κ1) is 14.4. The summed E-state index contributed by atoms with van der Waals surface area (Å²) in [7, 11) is 1.74. The summed E-state index contributed by atoms with van der Waals surface area (Å²) in [4.78, 5) is 0. The molecule has 2 aromatic carbocycles. The fourth-order valence-electron chi connectivity index (χ4n) is 1.83. The van der Waals surface area contributed by atoms with E-state index in [2.05, 4.69) is 5.32 Å². The van der Waals surface area contributed by atoms with Gasteiger partial charge in [0.1, 0.15) is 18.2 Å². The van der Waals surface area contributed by atoms with Crippen LogP contribution in [0.3, 0.4) is 0 Å². The number of hydrogen-bond acceptors (Lipinski definition) is 2. The molecular formula is C15H14F3NO. The van der Waals surface area contributed by atoms with Crippen molar-refractivity contribution in [3.63, 3.8) is 0 Å². The highest BCUT2D eigenvalue weighted by Gasteiger charge is 2.09. The lowest BCUT2D eigenvalue weighted by Crippen LogP contribution is -2.06. The summed E-state index contributed by atoms with van der Waals surface area (Å²) >= 11 is 0. The number of hydrogen-bond donors (Lipinski definition) is 1. The van der Waals surface area contributed by atoms with Gasteiger partial charge in [0.05, 0.1) is 0 Å². The maximum atomic E-state index is 13.4. The second-order valence-electron chi connectivity index (χ2n) is 4.33. The monoisotopic (exact) mass is 281 g/mol. The lowest BCUT2D eigenvalue weighted by atomic mass is 10.2. The van der Waals surface area contributed by atoms with Gasteiger partial charge in [-0.2, -0.15) is 0 Å². The summed E-state index contributed by atoms with van der Waals surface area (Å²) < 4.78 is 45.2. The summed E-state index contributed by atoms with van der Waals surface area (Å²) in [6.07, 6.45) is 0. The largest absolute Gasteiger partial charge is 0.489 e. The highest BCUT2D eigenvalue weighted by molar-refractivity contribution is 5.30. The molecule has 0 aliphatic heterocycles. The predicted octanol–water partition coefficient (Wildman–Crippen LogP) is 3.40. The van der Waals surface area contributed by atoms with E-state index in [1.165, 1.54) is 24.3 Å². The number of halogens is 3. The van der Waals surface area contributed by atoms with E-state index < -0.39 is 17.5 Å². The van der Waals surface area contributed by atoms with Crippen molar-refractivity contribution in [1.29, 1.82) is 0 Å². The molecule has 0 radical (unpaired) electrons. The lowest BCUT2D eigenvalue weighted by Gasteiger charge is -2.09. The zero-order chi connectivity index (χ0) is 14.5. The molecule has 1 N–H and O–H groups in total. The maximum absolute atomic E-state index is 13.4. The zero-order valence-electron chi connectivity index (χ0n) is 10.9. The van der Waals surface area contributed by atoms with Gasteiger partial charge >= 0.3 is 0 Å². The average molecular weight is 281 g/mol. The molecule has 0 aromatic heterocycles. The van der Waals surface area contributed by atoms with Crippen LogP contribution in [0, 0.1) is 17.5 Å². The van der Waals surface area contributed by atoms with Crippen LogP contribution in [0.25, 0.3) is 0 Å². The van der Waals surface area contributed by atoms with Crippen molar-refractivity contribution in [2.75, 3.05) is 7.05 Å². The van der Waals surface area contributed by atoms with Crippen molar-refractivity contribution in [3.05, 3.63) is 65.0 Å². The van der Waals surface area contributed by atoms with E-state index in [9.17, 15) is 13.2 Å². The molecule has 2 aromatic rings. The predicted molar refractivity (Wildman–Crippen MR) is 69.9 cm³/mol. The molecule has 0 aliphatic carbocycles. The minimum atomic E-state index is -0.945. The second kappa shape index (κ2) is 6.43. The van der Waals surface area contributed by atoms with Crippen molar-refractivity contribution in [2.45, 2.75) is 13.2 Å². The van der Waals surface area contributed by atoms with Gasteiger partial charge in [0, 0.05) is 18.2 Å². The quantitative estimate of drug-likeness (QED) is 0.907. The zero-order valence-corrected chi connectivity index (χ0v) is 10.9. The van der Waals surface area contributed by atoms with Crippen molar-refractivity contribution >= 4 is 0 Å². The van der Waals surface area contributed by atoms with Gasteiger partial charge in [-0.3, -0.25) is 0 Å². The van der Waals surface area contributed by atoms with E-state index in [1.54, 1.807) is 13.1 Å². The van der Waals surface area contributed by atoms with E-state index in [4.69, 9.17) is 4.74 Å². The molecule has 2 rings (SSSR count). The topological polar surface area (TPSA) is 21.3 Å². The Morgan fingerprint density at radius 1 is 1.10 bits per heavy atom. The Hall–Kier alpha value is -2.01. The Labute approximate surface area is 115 Å². The minimum Gasteiger partial charge on any atom is -0.489 e. The van der Waals surface area contributed by atoms with Crippen LogP contribution in [-0.4, -0.2) is 7.05 Å². The van der Waals surface area contributed by atoms with E-state index in [0.717, 1.165) is 6.07 Å². The van der Waals surface area contributed by atoms with Crippen LogP contribution < -0.4 is 10.1 Å². The Bertz CT molecular complexity index is 602. The van der Waals surface area contributed by atoms with Gasteiger partial charge in [-0.25, -0.2) is 13.2 Å². The molecule has 0 heterocycles. The van der Waals surface area contributed by atoms with Gasteiger partial charge in [0.15, 0.2) is 11.6 Å². The Balaban J connectivity index is 2.12. The first-order chi connectivity index (χ1) is 9.60. The van der Waals surface area contributed by atoms with Crippen LogP contribution in [0.2, 0.25) is 0 Å². The number of ether oxygens (including phenoxy) is 1. The second-order valence-corrected chi connectivity index (χ2v) is 4.33. The van der Waals surface area contributed by atoms with E-state index in [-0.39, 0.29) is 17.9 Å². The Kier molecular flexibility index (Phi) is 4.63. The molecule has 0 fully saturated rings. The fourth-order valence-corrected chi connectivity index (χ4v) is 1.83. The molecule has 0 saturated carbocycles. The third-order valence-corrected chi connectivity index (χ3v) is 2.74. The molecular weight excluding hydrogens is 267 g/mol. The Morgan fingerprint density at radius 3 is 2.65 bits per heavy atom. The van der Waals surface area contributed by atoms with Crippen LogP contribution in [0.1, 0.15) is 11.1 Å². The van der Waals surface area contributed by atoms with Gasteiger partial charge in [-0.1, -0.05) is 12.1 Å². The number of rotatable bonds is 5. The van der Waals surface area contributed by atoms with Gasteiger partial charge in [-0.05, 0) is 30.8 Å². The van der Waals surface area contributed by atoms with Crippen LogP contribution >= 0.6 is 0 Å². The third kappa shape index (κ3) is 3.51. The first-order valence-corrected chi connectivity index (χ1v) is 6.10. The maximum Gasteiger partial charge on any atom is 0.165 e. The average Bonchev–Trinajstić information content (AvgIpc) is 2.40. The molecule has 106 valence electrons. The minimum absolute atomic E-state index is 0.0874. The van der Waals surface area contributed by atoms with Gasteiger partial charge in [-0.15, -0.1) is 0 Å². The fraction of sp³-hybridized carbons (Fsp3) is 0.200. The summed E-state index contributed by atoms with van der Waals surface area (Å²) in [6, 6.07) is 8.09. The molecule has 20 heavy (non-hydrogen) atoms. The lowest BCUT2D eigenvalue weighted by molar-refractivity contribution is 0.295. The number of benzene rings is 2. The smallest absolute Gasteiger partial charge is 0.165 e. The van der Waals surface area contributed by atoms with Crippen LogP contribution in [0.15, 0.2) is 36.4 Å². The van der Waals surface area contributed by atoms with Gasteiger partial charge in [0.2, 0.25) is 0 Å². The number of nitrogens with one attached hydrogen (secondary N) is 1. The van der Waals surface area contributed by atoms with Crippen molar-refractivity contribution < 1.29 is 17.9 Å². The van der Waals surface area contributed by atoms with Crippen molar-refractivity contribution in [3.8, 4) is 5.75 Å².